The highest BCUT2D eigenvalue weighted by atomic mass is 79.9. The molecule has 1 aromatic rings. The highest BCUT2D eigenvalue weighted by Crippen LogP contribution is 2.26. The molecule has 0 heterocycles. The lowest BCUT2D eigenvalue weighted by molar-refractivity contribution is -0.120. The SMILES string of the molecule is CCCOCC(=O)Nc1c(F)cc(F)cc1Br. The molecule has 0 aliphatic carbocycles. The van der Waals surface area contributed by atoms with E-state index in [0.717, 1.165) is 12.5 Å². The number of amides is 1. The summed E-state index contributed by atoms with van der Waals surface area (Å²) < 4.78 is 31.3. The largest absolute Gasteiger partial charge is 0.372 e. The Hall–Kier alpha value is -1.01. The third-order valence-corrected chi connectivity index (χ3v) is 2.48. The standard InChI is InChI=1S/C11H12BrF2NO2/c1-2-3-17-6-10(16)15-11-8(12)4-7(13)5-9(11)14/h4-5H,2-3,6H2,1H3,(H,15,16). The van der Waals surface area contributed by atoms with Crippen molar-refractivity contribution < 1.29 is 18.3 Å². The quantitative estimate of drug-likeness (QED) is 0.849. The lowest BCUT2D eigenvalue weighted by atomic mass is 10.3. The third kappa shape index (κ3) is 4.40. The Balaban J connectivity index is 2.65. The predicted molar refractivity (Wildman–Crippen MR) is 63.8 cm³/mol. The zero-order valence-corrected chi connectivity index (χ0v) is 10.8. The molecular weight excluding hydrogens is 296 g/mol. The summed E-state index contributed by atoms with van der Waals surface area (Å²) in [5.41, 5.74) is -0.0866. The van der Waals surface area contributed by atoms with Crippen molar-refractivity contribution in [2.24, 2.45) is 0 Å². The van der Waals surface area contributed by atoms with Crippen LogP contribution in [0.1, 0.15) is 13.3 Å². The summed E-state index contributed by atoms with van der Waals surface area (Å²) in [6.07, 6.45) is 0.794. The Labute approximate surface area is 106 Å². The molecule has 0 aliphatic heterocycles. The van der Waals surface area contributed by atoms with Crippen molar-refractivity contribution in [2.45, 2.75) is 13.3 Å². The van der Waals surface area contributed by atoms with Gasteiger partial charge in [0.25, 0.3) is 0 Å². The summed E-state index contributed by atoms with van der Waals surface area (Å²) in [5, 5.41) is 2.31. The number of ether oxygens (including phenoxy) is 1. The summed E-state index contributed by atoms with van der Waals surface area (Å²) >= 11 is 2.97. The zero-order chi connectivity index (χ0) is 12.8. The molecule has 0 saturated heterocycles. The number of halogens is 3. The van der Waals surface area contributed by atoms with Crippen molar-refractivity contribution in [1.82, 2.24) is 0 Å². The first-order valence-electron chi connectivity index (χ1n) is 5.06. The number of nitrogens with one attached hydrogen (secondary N) is 1. The second-order valence-electron chi connectivity index (χ2n) is 3.35. The number of hydrogen-bond acceptors (Lipinski definition) is 2. The molecule has 0 atom stereocenters. The first-order chi connectivity index (χ1) is 8.04. The van der Waals surface area contributed by atoms with Gasteiger partial charge < -0.3 is 10.1 Å². The number of carbonyl (C=O) groups excluding carboxylic acids is 1. The Morgan fingerprint density at radius 3 is 2.76 bits per heavy atom. The van der Waals surface area contributed by atoms with E-state index in [1.54, 1.807) is 0 Å². The minimum atomic E-state index is -0.833. The van der Waals surface area contributed by atoms with Crippen LogP contribution in [-0.4, -0.2) is 19.1 Å². The minimum absolute atomic E-state index is 0.0866. The average molecular weight is 308 g/mol. The van der Waals surface area contributed by atoms with Crippen molar-refractivity contribution in [1.29, 1.82) is 0 Å². The van der Waals surface area contributed by atoms with Crippen LogP contribution in [0.3, 0.4) is 0 Å². The van der Waals surface area contributed by atoms with Gasteiger partial charge in [-0.2, -0.15) is 0 Å². The second-order valence-corrected chi connectivity index (χ2v) is 4.20. The molecule has 1 amide bonds. The van der Waals surface area contributed by atoms with Gasteiger partial charge in [-0.1, -0.05) is 6.92 Å². The Morgan fingerprint density at radius 2 is 2.18 bits per heavy atom. The molecule has 0 fully saturated rings. The van der Waals surface area contributed by atoms with Crippen molar-refractivity contribution >= 4 is 27.5 Å². The van der Waals surface area contributed by atoms with E-state index in [1.165, 1.54) is 0 Å². The topological polar surface area (TPSA) is 38.3 Å². The molecule has 1 rings (SSSR count). The number of carbonyl (C=O) groups is 1. The average Bonchev–Trinajstić information content (AvgIpc) is 2.24. The maximum Gasteiger partial charge on any atom is 0.250 e. The van der Waals surface area contributed by atoms with Gasteiger partial charge in [-0.3, -0.25) is 4.79 Å². The van der Waals surface area contributed by atoms with Gasteiger partial charge in [-0.25, -0.2) is 8.78 Å². The van der Waals surface area contributed by atoms with E-state index < -0.39 is 17.5 Å². The number of benzene rings is 1. The molecule has 94 valence electrons. The van der Waals surface area contributed by atoms with Gasteiger partial charge in [0.15, 0.2) is 5.82 Å². The Bertz CT molecular complexity index is 389. The molecule has 17 heavy (non-hydrogen) atoms. The van der Waals surface area contributed by atoms with Gasteiger partial charge in [0.2, 0.25) is 5.91 Å². The van der Waals surface area contributed by atoms with E-state index >= 15 is 0 Å². The lowest BCUT2D eigenvalue weighted by Crippen LogP contribution is -2.19. The zero-order valence-electron chi connectivity index (χ0n) is 9.23. The Morgan fingerprint density at radius 1 is 1.47 bits per heavy atom. The summed E-state index contributed by atoms with van der Waals surface area (Å²) in [4.78, 5) is 11.4. The molecule has 0 aromatic heterocycles. The molecule has 0 bridgehead atoms. The van der Waals surface area contributed by atoms with Crippen LogP contribution < -0.4 is 5.32 Å². The highest BCUT2D eigenvalue weighted by Gasteiger charge is 2.12. The molecule has 0 unspecified atom stereocenters. The van der Waals surface area contributed by atoms with Crippen LogP contribution >= 0.6 is 15.9 Å². The van der Waals surface area contributed by atoms with Crippen LogP contribution in [0, 0.1) is 11.6 Å². The van der Waals surface area contributed by atoms with E-state index in [-0.39, 0.29) is 16.8 Å². The minimum Gasteiger partial charge on any atom is -0.372 e. The second kappa shape index (κ2) is 6.66. The predicted octanol–water partition coefficient (Wildman–Crippen LogP) is 3.09. The number of hydrogen-bond donors (Lipinski definition) is 1. The molecule has 6 heteroatoms. The van der Waals surface area contributed by atoms with Crippen LogP contribution in [0.15, 0.2) is 16.6 Å². The molecule has 0 spiro atoms. The number of anilines is 1. The van der Waals surface area contributed by atoms with Crippen molar-refractivity contribution in [3.63, 3.8) is 0 Å². The van der Waals surface area contributed by atoms with Gasteiger partial charge in [-0.05, 0) is 28.4 Å². The molecular formula is C11H12BrF2NO2. The van der Waals surface area contributed by atoms with Crippen LogP contribution in [-0.2, 0) is 9.53 Å². The third-order valence-electron chi connectivity index (χ3n) is 1.85. The lowest BCUT2D eigenvalue weighted by Gasteiger charge is -2.09. The maximum atomic E-state index is 13.3. The van der Waals surface area contributed by atoms with Crippen molar-refractivity contribution in [2.75, 3.05) is 18.5 Å². The van der Waals surface area contributed by atoms with E-state index in [4.69, 9.17) is 4.74 Å². The normalized spacial score (nSPS) is 10.4. The summed E-state index contributed by atoms with van der Waals surface area (Å²) in [6, 6.07) is 1.78. The van der Waals surface area contributed by atoms with E-state index in [1.807, 2.05) is 6.92 Å². The van der Waals surface area contributed by atoms with Gasteiger partial charge >= 0.3 is 0 Å². The molecule has 0 aliphatic rings. The van der Waals surface area contributed by atoms with Crippen LogP contribution in [0.2, 0.25) is 0 Å². The fourth-order valence-corrected chi connectivity index (χ4v) is 1.65. The molecule has 3 nitrogen and oxygen atoms in total. The van der Waals surface area contributed by atoms with E-state index in [2.05, 4.69) is 21.2 Å². The first kappa shape index (κ1) is 14.1. The van der Waals surface area contributed by atoms with Gasteiger partial charge in [0.1, 0.15) is 12.4 Å². The smallest absolute Gasteiger partial charge is 0.250 e. The van der Waals surface area contributed by atoms with Gasteiger partial charge in [-0.15, -0.1) is 0 Å². The number of rotatable bonds is 5. The van der Waals surface area contributed by atoms with Gasteiger partial charge in [0, 0.05) is 17.1 Å². The molecule has 0 radical (unpaired) electrons. The fourth-order valence-electron chi connectivity index (χ4n) is 1.15. The fraction of sp³-hybridized carbons (Fsp3) is 0.364. The van der Waals surface area contributed by atoms with Gasteiger partial charge in [0.05, 0.1) is 5.69 Å². The first-order valence-corrected chi connectivity index (χ1v) is 5.86. The van der Waals surface area contributed by atoms with Crippen LogP contribution in [0.5, 0.6) is 0 Å². The monoisotopic (exact) mass is 307 g/mol. The summed E-state index contributed by atoms with van der Waals surface area (Å²) in [6.45, 7) is 2.21. The molecule has 1 N–H and O–H groups in total. The van der Waals surface area contributed by atoms with Crippen LogP contribution in [0.25, 0.3) is 0 Å². The van der Waals surface area contributed by atoms with Crippen molar-refractivity contribution in [3.05, 3.63) is 28.2 Å². The van der Waals surface area contributed by atoms with Crippen molar-refractivity contribution in [3.8, 4) is 0 Å². The molecule has 1 aromatic carbocycles. The summed E-state index contributed by atoms with van der Waals surface area (Å²) in [5.74, 6) is -2.03. The Kier molecular flexibility index (Phi) is 5.50. The molecule has 0 saturated carbocycles. The summed E-state index contributed by atoms with van der Waals surface area (Å²) in [7, 11) is 0. The van der Waals surface area contributed by atoms with Crippen LogP contribution in [0.4, 0.5) is 14.5 Å². The van der Waals surface area contributed by atoms with E-state index in [9.17, 15) is 13.6 Å². The van der Waals surface area contributed by atoms with E-state index in [0.29, 0.717) is 12.7 Å². The highest BCUT2D eigenvalue weighted by molar-refractivity contribution is 9.10. The maximum absolute atomic E-state index is 13.3.